The van der Waals surface area contributed by atoms with Crippen molar-refractivity contribution in [3.63, 3.8) is 0 Å². The standard InChI is InChI=1S/C12H16N2O2S/c1-17-12(4-2-5-12)8-14-11(16)9-3-6-13-10(15)7-9/h3,6-7H,2,4-5,8H2,1H3,(H,13,15)(H,14,16). The zero-order valence-corrected chi connectivity index (χ0v) is 10.6. The molecule has 2 rings (SSSR count). The second-order valence-corrected chi connectivity index (χ2v) is 5.64. The molecule has 0 spiro atoms. The van der Waals surface area contributed by atoms with Crippen LogP contribution in [0.2, 0.25) is 0 Å². The molecule has 1 amide bonds. The van der Waals surface area contributed by atoms with Crippen LogP contribution in [0.1, 0.15) is 29.6 Å². The molecular formula is C12H16N2O2S. The Balaban J connectivity index is 1.95. The summed E-state index contributed by atoms with van der Waals surface area (Å²) in [5.74, 6) is -0.170. The van der Waals surface area contributed by atoms with Crippen LogP contribution < -0.4 is 10.9 Å². The molecule has 0 bridgehead atoms. The van der Waals surface area contributed by atoms with Crippen LogP contribution in [0.4, 0.5) is 0 Å². The van der Waals surface area contributed by atoms with Gasteiger partial charge in [0, 0.05) is 29.1 Å². The third-order valence-corrected chi connectivity index (χ3v) is 4.72. The molecule has 1 aliphatic carbocycles. The van der Waals surface area contributed by atoms with Crippen LogP contribution in [0.25, 0.3) is 0 Å². The Morgan fingerprint density at radius 2 is 2.35 bits per heavy atom. The Labute approximate surface area is 104 Å². The largest absolute Gasteiger partial charge is 0.351 e. The third kappa shape index (κ3) is 2.72. The molecule has 0 aromatic carbocycles. The van der Waals surface area contributed by atoms with Crippen molar-refractivity contribution in [2.24, 2.45) is 0 Å². The number of aromatic nitrogens is 1. The van der Waals surface area contributed by atoms with Crippen LogP contribution in [0, 0.1) is 0 Å². The number of nitrogens with one attached hydrogen (secondary N) is 2. The van der Waals surface area contributed by atoms with Gasteiger partial charge in [-0.25, -0.2) is 0 Å². The number of H-pyrrole nitrogens is 1. The van der Waals surface area contributed by atoms with Crippen molar-refractivity contribution in [3.05, 3.63) is 34.2 Å². The average molecular weight is 252 g/mol. The van der Waals surface area contributed by atoms with E-state index in [1.165, 1.54) is 18.7 Å². The number of carbonyl (C=O) groups is 1. The van der Waals surface area contributed by atoms with E-state index in [0.717, 1.165) is 12.8 Å². The molecule has 1 fully saturated rings. The Morgan fingerprint density at radius 3 is 2.88 bits per heavy atom. The summed E-state index contributed by atoms with van der Waals surface area (Å²) >= 11 is 1.82. The third-order valence-electron chi connectivity index (χ3n) is 3.31. The molecule has 1 aliphatic rings. The molecule has 0 saturated heterocycles. The second kappa shape index (κ2) is 4.96. The minimum absolute atomic E-state index is 0.170. The fraction of sp³-hybridized carbons (Fsp3) is 0.500. The van der Waals surface area contributed by atoms with Crippen LogP contribution in [0.5, 0.6) is 0 Å². The molecule has 0 unspecified atom stereocenters. The SMILES string of the molecule is CSC1(CNC(=O)c2cc[nH]c(=O)c2)CCC1. The van der Waals surface area contributed by atoms with Crippen molar-refractivity contribution >= 4 is 17.7 Å². The van der Waals surface area contributed by atoms with Crippen molar-refractivity contribution in [2.45, 2.75) is 24.0 Å². The highest BCUT2D eigenvalue weighted by Gasteiger charge is 2.36. The molecule has 1 saturated carbocycles. The minimum Gasteiger partial charge on any atom is -0.351 e. The van der Waals surface area contributed by atoms with Gasteiger partial charge in [-0.15, -0.1) is 0 Å². The van der Waals surface area contributed by atoms with Gasteiger partial charge in [-0.05, 0) is 25.2 Å². The predicted octanol–water partition coefficient (Wildman–Crippen LogP) is 1.39. The van der Waals surface area contributed by atoms with Crippen LogP contribution in [-0.2, 0) is 0 Å². The van der Waals surface area contributed by atoms with Gasteiger partial charge in [-0.1, -0.05) is 6.42 Å². The maximum absolute atomic E-state index is 11.8. The van der Waals surface area contributed by atoms with Gasteiger partial charge in [0.15, 0.2) is 0 Å². The monoisotopic (exact) mass is 252 g/mol. The number of amides is 1. The van der Waals surface area contributed by atoms with E-state index in [1.807, 2.05) is 11.8 Å². The summed E-state index contributed by atoms with van der Waals surface area (Å²) in [4.78, 5) is 25.4. The van der Waals surface area contributed by atoms with Gasteiger partial charge in [-0.2, -0.15) is 11.8 Å². The van der Waals surface area contributed by atoms with Gasteiger partial charge in [0.05, 0.1) is 0 Å². The fourth-order valence-corrected chi connectivity index (χ4v) is 2.87. The first kappa shape index (κ1) is 12.2. The van der Waals surface area contributed by atoms with E-state index in [0.29, 0.717) is 12.1 Å². The van der Waals surface area contributed by atoms with Crippen LogP contribution in [0.15, 0.2) is 23.1 Å². The van der Waals surface area contributed by atoms with E-state index in [-0.39, 0.29) is 16.2 Å². The molecule has 1 heterocycles. The Kier molecular flexibility index (Phi) is 3.57. The summed E-state index contributed by atoms with van der Waals surface area (Å²) < 4.78 is 0.219. The van der Waals surface area contributed by atoms with Crippen molar-refractivity contribution in [2.75, 3.05) is 12.8 Å². The van der Waals surface area contributed by atoms with Gasteiger partial charge in [-0.3, -0.25) is 9.59 Å². The number of aromatic amines is 1. The zero-order chi connectivity index (χ0) is 12.3. The average Bonchev–Trinajstić information content (AvgIpc) is 2.28. The summed E-state index contributed by atoms with van der Waals surface area (Å²) in [6.07, 6.45) is 7.12. The Bertz CT molecular complexity index is 460. The van der Waals surface area contributed by atoms with E-state index in [1.54, 1.807) is 6.07 Å². The van der Waals surface area contributed by atoms with E-state index >= 15 is 0 Å². The molecule has 1 aromatic rings. The Morgan fingerprint density at radius 1 is 1.59 bits per heavy atom. The molecule has 0 aliphatic heterocycles. The van der Waals surface area contributed by atoms with E-state index in [9.17, 15) is 9.59 Å². The summed E-state index contributed by atoms with van der Waals surface area (Å²) in [7, 11) is 0. The van der Waals surface area contributed by atoms with E-state index in [4.69, 9.17) is 0 Å². The number of rotatable bonds is 4. The fourth-order valence-electron chi connectivity index (χ4n) is 1.95. The maximum Gasteiger partial charge on any atom is 0.251 e. The topological polar surface area (TPSA) is 62.0 Å². The van der Waals surface area contributed by atoms with Crippen LogP contribution in [-0.4, -0.2) is 28.4 Å². The second-order valence-electron chi connectivity index (χ2n) is 4.36. The highest BCUT2D eigenvalue weighted by Crippen LogP contribution is 2.42. The number of hydrogen-bond acceptors (Lipinski definition) is 3. The van der Waals surface area contributed by atoms with Crippen molar-refractivity contribution in [1.29, 1.82) is 0 Å². The number of pyridine rings is 1. The summed E-state index contributed by atoms with van der Waals surface area (Å²) in [6.45, 7) is 0.680. The highest BCUT2D eigenvalue weighted by atomic mass is 32.2. The van der Waals surface area contributed by atoms with Gasteiger partial charge < -0.3 is 10.3 Å². The van der Waals surface area contributed by atoms with E-state index < -0.39 is 0 Å². The molecule has 2 N–H and O–H groups in total. The van der Waals surface area contributed by atoms with Crippen LogP contribution >= 0.6 is 11.8 Å². The molecule has 4 nitrogen and oxygen atoms in total. The number of carbonyl (C=O) groups excluding carboxylic acids is 1. The molecule has 0 radical (unpaired) electrons. The number of thioether (sulfide) groups is 1. The predicted molar refractivity (Wildman–Crippen MR) is 69.5 cm³/mol. The van der Waals surface area contributed by atoms with Crippen molar-refractivity contribution < 1.29 is 4.79 Å². The van der Waals surface area contributed by atoms with Gasteiger partial charge in [0.25, 0.3) is 5.91 Å². The smallest absolute Gasteiger partial charge is 0.251 e. The first-order chi connectivity index (χ1) is 8.15. The lowest BCUT2D eigenvalue weighted by Crippen LogP contribution is -2.45. The molecule has 1 aromatic heterocycles. The quantitative estimate of drug-likeness (QED) is 0.851. The lowest BCUT2D eigenvalue weighted by molar-refractivity contribution is 0.0943. The molecular weight excluding hydrogens is 236 g/mol. The Hall–Kier alpha value is -1.23. The zero-order valence-electron chi connectivity index (χ0n) is 9.79. The van der Waals surface area contributed by atoms with E-state index in [2.05, 4.69) is 16.6 Å². The summed E-state index contributed by atoms with van der Waals surface area (Å²) in [5.41, 5.74) is 0.171. The lowest BCUT2D eigenvalue weighted by Gasteiger charge is -2.40. The molecule has 92 valence electrons. The first-order valence-corrected chi connectivity index (χ1v) is 6.90. The summed E-state index contributed by atoms with van der Waals surface area (Å²) in [5, 5.41) is 2.91. The highest BCUT2D eigenvalue weighted by molar-refractivity contribution is 8.00. The minimum atomic E-state index is -0.249. The number of hydrogen-bond donors (Lipinski definition) is 2. The lowest BCUT2D eigenvalue weighted by atomic mass is 9.84. The normalized spacial score (nSPS) is 17.2. The van der Waals surface area contributed by atoms with Crippen molar-refractivity contribution in [3.8, 4) is 0 Å². The summed E-state index contributed by atoms with van der Waals surface area (Å²) in [6, 6.07) is 2.94. The van der Waals surface area contributed by atoms with Crippen LogP contribution in [0.3, 0.4) is 0 Å². The first-order valence-electron chi connectivity index (χ1n) is 5.67. The molecule has 0 atom stereocenters. The molecule has 17 heavy (non-hydrogen) atoms. The van der Waals surface area contributed by atoms with Gasteiger partial charge in [0.2, 0.25) is 5.56 Å². The van der Waals surface area contributed by atoms with Gasteiger partial charge in [0.1, 0.15) is 0 Å². The van der Waals surface area contributed by atoms with Crippen molar-refractivity contribution in [1.82, 2.24) is 10.3 Å². The van der Waals surface area contributed by atoms with Gasteiger partial charge >= 0.3 is 0 Å². The molecule has 5 heteroatoms. The maximum atomic E-state index is 11.8.